The van der Waals surface area contributed by atoms with E-state index in [1.54, 1.807) is 25.2 Å². The third-order valence-corrected chi connectivity index (χ3v) is 9.79. The summed E-state index contributed by atoms with van der Waals surface area (Å²) in [6.45, 7) is 20.2. The van der Waals surface area contributed by atoms with Crippen molar-refractivity contribution in [3.8, 4) is 33.8 Å². The average molecular weight is 771 g/mol. The van der Waals surface area contributed by atoms with Gasteiger partial charge < -0.3 is 24.3 Å². The zero-order chi connectivity index (χ0) is 41.5. The molecule has 0 aromatic heterocycles. The van der Waals surface area contributed by atoms with Crippen LogP contribution in [0.2, 0.25) is 0 Å². The SMILES string of the molecule is C=CCOC(CCC)C1=CC(C)(C)Nc2ccc(-c3ccccc3OC)cc21.COc1ccccc1-c1ccc2c(c1)C(C=O)=CC(C)(C)N2C(=O)OC(C)(C)C. The molecule has 1 atom stereocenters. The second-order valence-electron chi connectivity index (χ2n) is 16.4. The summed E-state index contributed by atoms with van der Waals surface area (Å²) in [5.41, 5.74) is 8.05. The molecule has 8 heteroatoms. The molecular formula is C49H58N2O6. The van der Waals surface area contributed by atoms with Crippen LogP contribution in [0.15, 0.2) is 110 Å². The van der Waals surface area contributed by atoms with Gasteiger partial charge in [-0.1, -0.05) is 74.0 Å². The van der Waals surface area contributed by atoms with Gasteiger partial charge in [-0.15, -0.1) is 6.58 Å². The first-order valence-electron chi connectivity index (χ1n) is 19.6. The number of nitrogens with zero attached hydrogens (tertiary/aromatic N) is 1. The van der Waals surface area contributed by atoms with Crippen molar-refractivity contribution in [3.05, 3.63) is 121 Å². The topological polar surface area (TPSA) is 86.3 Å². The molecule has 6 rings (SSSR count). The summed E-state index contributed by atoms with van der Waals surface area (Å²) in [7, 11) is 3.34. The lowest BCUT2D eigenvalue weighted by Gasteiger charge is -2.41. The molecule has 4 aromatic rings. The molecule has 0 saturated carbocycles. The van der Waals surface area contributed by atoms with E-state index >= 15 is 0 Å². The summed E-state index contributed by atoms with van der Waals surface area (Å²) >= 11 is 0. The fourth-order valence-electron chi connectivity index (χ4n) is 7.42. The largest absolute Gasteiger partial charge is 0.496 e. The standard InChI is InChI=1S/C25H31NO2.C24H27NO4/c1-6-10-24(28-15-7-2)21-17-25(3,4)26-22-14-13-18(16-20(21)22)19-11-8-9-12-23(19)27-5;1-23(2,3)29-22(27)25-20-12-11-16(18-9-7-8-10-21(18)28-6)13-19(20)17(15-26)14-24(25,4)5/h7-9,11-14,16-17,24,26H,2,6,10,15H2,1,3-5H3;7-15H,1-6H3. The van der Waals surface area contributed by atoms with Gasteiger partial charge >= 0.3 is 6.09 Å². The molecule has 2 aliphatic heterocycles. The van der Waals surface area contributed by atoms with Crippen molar-refractivity contribution in [2.75, 3.05) is 31.0 Å². The molecule has 0 saturated heterocycles. The van der Waals surface area contributed by atoms with E-state index in [1.807, 2.05) is 101 Å². The molecule has 0 bridgehead atoms. The van der Waals surface area contributed by atoms with Crippen molar-refractivity contribution in [1.29, 1.82) is 0 Å². The summed E-state index contributed by atoms with van der Waals surface area (Å²) < 4.78 is 22.9. The van der Waals surface area contributed by atoms with Crippen molar-refractivity contribution in [1.82, 2.24) is 0 Å². The zero-order valence-electron chi connectivity index (χ0n) is 35.2. The lowest BCUT2D eigenvalue weighted by Crippen LogP contribution is -2.50. The lowest BCUT2D eigenvalue weighted by molar-refractivity contribution is -0.103. The number of hydrogen-bond acceptors (Lipinski definition) is 7. The molecule has 57 heavy (non-hydrogen) atoms. The third-order valence-electron chi connectivity index (χ3n) is 9.79. The Bertz CT molecular complexity index is 2160. The predicted molar refractivity (Wildman–Crippen MR) is 234 cm³/mol. The lowest BCUT2D eigenvalue weighted by atomic mass is 9.85. The number of nitrogens with one attached hydrogen (secondary N) is 1. The maximum Gasteiger partial charge on any atom is 0.415 e. The van der Waals surface area contributed by atoms with Crippen LogP contribution in [0.1, 0.15) is 79.4 Å². The van der Waals surface area contributed by atoms with Gasteiger partial charge in [0.1, 0.15) is 23.4 Å². The van der Waals surface area contributed by atoms with Gasteiger partial charge in [0, 0.05) is 33.5 Å². The molecule has 1 amide bonds. The van der Waals surface area contributed by atoms with Crippen molar-refractivity contribution in [2.45, 2.75) is 91.0 Å². The number of benzene rings is 4. The normalized spacial score (nSPS) is 15.5. The highest BCUT2D eigenvalue weighted by molar-refractivity contribution is 6.14. The van der Waals surface area contributed by atoms with E-state index < -0.39 is 17.2 Å². The number of anilines is 2. The summed E-state index contributed by atoms with van der Waals surface area (Å²) in [5.74, 6) is 1.62. The Morgan fingerprint density at radius 2 is 1.40 bits per heavy atom. The van der Waals surface area contributed by atoms with E-state index in [4.69, 9.17) is 18.9 Å². The van der Waals surface area contributed by atoms with Gasteiger partial charge in [0.15, 0.2) is 0 Å². The van der Waals surface area contributed by atoms with E-state index in [1.165, 1.54) is 11.1 Å². The van der Waals surface area contributed by atoms with Gasteiger partial charge in [-0.25, -0.2) is 4.79 Å². The van der Waals surface area contributed by atoms with Crippen LogP contribution in [0, 0.1) is 0 Å². The number of fused-ring (bicyclic) bond motifs is 2. The number of ether oxygens (including phenoxy) is 4. The molecule has 0 radical (unpaired) electrons. The maximum atomic E-state index is 13.0. The van der Waals surface area contributed by atoms with Crippen LogP contribution in [0.5, 0.6) is 11.5 Å². The molecule has 0 fully saturated rings. The Labute approximate surface area is 339 Å². The highest BCUT2D eigenvalue weighted by atomic mass is 16.6. The number of allylic oxidation sites excluding steroid dienone is 1. The Kier molecular flexibility index (Phi) is 13.2. The van der Waals surface area contributed by atoms with Crippen LogP contribution in [0.3, 0.4) is 0 Å². The Morgan fingerprint density at radius 3 is 1.95 bits per heavy atom. The number of aldehydes is 1. The van der Waals surface area contributed by atoms with E-state index in [2.05, 4.69) is 63.0 Å². The molecular weight excluding hydrogens is 713 g/mol. The second kappa shape index (κ2) is 17.7. The van der Waals surface area contributed by atoms with E-state index in [9.17, 15) is 9.59 Å². The fourth-order valence-corrected chi connectivity index (χ4v) is 7.42. The minimum absolute atomic E-state index is 0.0519. The van der Waals surface area contributed by atoms with Crippen LogP contribution < -0.4 is 19.7 Å². The van der Waals surface area contributed by atoms with Gasteiger partial charge in [0.05, 0.1) is 43.7 Å². The maximum absolute atomic E-state index is 13.0. The van der Waals surface area contributed by atoms with Gasteiger partial charge in [-0.2, -0.15) is 0 Å². The first-order valence-corrected chi connectivity index (χ1v) is 19.6. The predicted octanol–water partition coefficient (Wildman–Crippen LogP) is 11.8. The second-order valence-corrected chi connectivity index (χ2v) is 16.4. The Morgan fingerprint density at radius 1 is 0.825 bits per heavy atom. The number of hydrogen-bond donors (Lipinski definition) is 1. The van der Waals surface area contributed by atoms with Gasteiger partial charge in [0.25, 0.3) is 0 Å². The third kappa shape index (κ3) is 9.86. The number of carbonyl (C=O) groups is 2. The minimum atomic E-state index is -0.711. The summed E-state index contributed by atoms with van der Waals surface area (Å²) in [6, 6.07) is 28.1. The smallest absolute Gasteiger partial charge is 0.415 e. The van der Waals surface area contributed by atoms with Crippen LogP contribution in [-0.4, -0.2) is 56.0 Å². The molecule has 4 aromatic carbocycles. The number of amides is 1. The van der Waals surface area contributed by atoms with E-state index in [-0.39, 0.29) is 11.6 Å². The molecule has 300 valence electrons. The van der Waals surface area contributed by atoms with Gasteiger partial charge in [0.2, 0.25) is 0 Å². The summed E-state index contributed by atoms with van der Waals surface area (Å²) in [6.07, 6.45) is 8.41. The van der Waals surface area contributed by atoms with Crippen LogP contribution in [0.25, 0.3) is 33.4 Å². The highest BCUT2D eigenvalue weighted by Crippen LogP contribution is 2.43. The minimum Gasteiger partial charge on any atom is -0.496 e. The Hall–Kier alpha value is -5.60. The van der Waals surface area contributed by atoms with Crippen molar-refractivity contribution in [3.63, 3.8) is 0 Å². The van der Waals surface area contributed by atoms with Gasteiger partial charge in [-0.3, -0.25) is 9.69 Å². The van der Waals surface area contributed by atoms with Crippen LogP contribution in [-0.2, 0) is 14.3 Å². The quantitative estimate of drug-likeness (QED) is 0.120. The van der Waals surface area contributed by atoms with Crippen molar-refractivity contribution < 1.29 is 28.5 Å². The van der Waals surface area contributed by atoms with Gasteiger partial charge in [-0.05, 0) is 114 Å². The molecule has 8 nitrogen and oxygen atoms in total. The monoisotopic (exact) mass is 770 g/mol. The summed E-state index contributed by atoms with van der Waals surface area (Å²) in [5, 5.41) is 3.64. The Balaban J connectivity index is 0.000000218. The molecule has 2 aliphatic rings. The first kappa shape index (κ1) is 42.5. The molecule has 2 heterocycles. The van der Waals surface area contributed by atoms with Crippen LogP contribution in [0.4, 0.5) is 16.2 Å². The molecule has 0 spiro atoms. The van der Waals surface area contributed by atoms with Crippen molar-refractivity contribution >= 4 is 34.9 Å². The number of rotatable bonds is 11. The zero-order valence-corrected chi connectivity index (χ0v) is 35.2. The van der Waals surface area contributed by atoms with E-state index in [0.29, 0.717) is 23.4 Å². The summed E-state index contributed by atoms with van der Waals surface area (Å²) in [4.78, 5) is 26.5. The molecule has 0 aliphatic carbocycles. The molecule has 1 N–H and O–H groups in total. The molecule has 1 unspecified atom stereocenters. The average Bonchev–Trinajstić information content (AvgIpc) is 3.17. The number of carbonyl (C=O) groups excluding carboxylic acids is 2. The van der Waals surface area contributed by atoms with Crippen molar-refractivity contribution in [2.24, 2.45) is 0 Å². The highest BCUT2D eigenvalue weighted by Gasteiger charge is 2.39. The van der Waals surface area contributed by atoms with E-state index in [0.717, 1.165) is 58.6 Å². The first-order chi connectivity index (χ1) is 27.1. The number of methoxy groups -OCH3 is 2. The van der Waals surface area contributed by atoms with Crippen LogP contribution >= 0.6 is 0 Å². The fraction of sp³-hybridized carbons (Fsp3) is 0.347. The number of para-hydroxylation sites is 2.